The summed E-state index contributed by atoms with van der Waals surface area (Å²) in [5, 5.41) is 10.7. The molecule has 0 aliphatic rings. The molecule has 0 atom stereocenters. The van der Waals surface area contributed by atoms with Crippen molar-refractivity contribution in [3.8, 4) is 0 Å². The van der Waals surface area contributed by atoms with Crippen LogP contribution in [0.2, 0.25) is 0 Å². The number of rotatable bonds is 6. The van der Waals surface area contributed by atoms with Crippen molar-refractivity contribution in [2.75, 3.05) is 23.8 Å². The van der Waals surface area contributed by atoms with Crippen molar-refractivity contribution in [2.45, 2.75) is 33.6 Å². The van der Waals surface area contributed by atoms with Gasteiger partial charge in [-0.25, -0.2) is 14.6 Å². The Morgan fingerprint density at radius 2 is 1.50 bits per heavy atom. The fourth-order valence-electron chi connectivity index (χ4n) is 2.50. The van der Waals surface area contributed by atoms with Gasteiger partial charge in [-0.3, -0.25) is 10.6 Å². The fraction of sp³-hybridized carbons (Fsp3) is 0.389. The van der Waals surface area contributed by atoms with E-state index in [1.165, 1.54) is 0 Å². The lowest BCUT2D eigenvalue weighted by Crippen LogP contribution is -2.36. The third kappa shape index (κ3) is 6.81. The summed E-state index contributed by atoms with van der Waals surface area (Å²) in [5.74, 6) is 0.843. The Balaban J connectivity index is 2.27. The summed E-state index contributed by atoms with van der Waals surface area (Å²) >= 11 is 10.3. The highest BCUT2D eigenvalue weighted by molar-refractivity contribution is 7.80. The average molecular weight is 453 g/mol. The van der Waals surface area contributed by atoms with Crippen LogP contribution < -0.4 is 21.3 Å². The van der Waals surface area contributed by atoms with Crippen molar-refractivity contribution in [1.29, 1.82) is 0 Å². The second kappa shape index (κ2) is 11.3. The van der Waals surface area contributed by atoms with Crippen molar-refractivity contribution in [3.05, 3.63) is 18.0 Å². The van der Waals surface area contributed by atoms with Gasteiger partial charge in [0, 0.05) is 6.42 Å². The Kier molecular flexibility index (Phi) is 8.74. The van der Waals surface area contributed by atoms with Crippen LogP contribution in [0.3, 0.4) is 0 Å². The third-order valence-corrected chi connectivity index (χ3v) is 4.04. The van der Waals surface area contributed by atoms with Crippen LogP contribution in [0, 0.1) is 0 Å². The maximum Gasteiger partial charge on any atom is 0.413 e. The van der Waals surface area contributed by atoms with Crippen LogP contribution in [-0.4, -0.2) is 45.6 Å². The molecule has 0 aliphatic heterocycles. The minimum absolute atomic E-state index is 0.0319. The second-order valence-corrected chi connectivity index (χ2v) is 6.76. The van der Waals surface area contributed by atoms with E-state index >= 15 is 0 Å². The van der Waals surface area contributed by atoms with Gasteiger partial charge in [0.05, 0.1) is 35.6 Å². The lowest BCUT2D eigenvalue weighted by atomic mass is 10.2. The third-order valence-electron chi connectivity index (χ3n) is 3.64. The van der Waals surface area contributed by atoms with Crippen LogP contribution in [0.15, 0.2) is 12.1 Å². The Bertz CT molecular complexity index is 875. The number of alkyl carbamates (subject to hydrolysis) is 2. The molecule has 0 spiro atoms. The van der Waals surface area contributed by atoms with Crippen LogP contribution in [0.5, 0.6) is 0 Å². The summed E-state index contributed by atoms with van der Waals surface area (Å²) in [7, 11) is 0. The van der Waals surface area contributed by atoms with Crippen molar-refractivity contribution in [2.24, 2.45) is 0 Å². The van der Waals surface area contributed by atoms with Crippen molar-refractivity contribution < 1.29 is 19.1 Å². The van der Waals surface area contributed by atoms with E-state index in [4.69, 9.17) is 33.9 Å². The maximum atomic E-state index is 11.6. The van der Waals surface area contributed by atoms with Gasteiger partial charge in [-0.05, 0) is 56.8 Å². The van der Waals surface area contributed by atoms with Crippen LogP contribution in [0.4, 0.5) is 21.0 Å². The number of anilines is 2. The molecule has 0 fully saturated rings. The number of carbonyl (C=O) groups is 2. The number of nitrogens with zero attached hydrogens (tertiary/aromatic N) is 1. The molecule has 0 aliphatic carbocycles. The summed E-state index contributed by atoms with van der Waals surface area (Å²) in [5.41, 5.74) is 2.47. The van der Waals surface area contributed by atoms with Crippen molar-refractivity contribution >= 4 is 69.3 Å². The number of aryl methyl sites for hydroxylation is 1. The monoisotopic (exact) mass is 452 g/mol. The number of benzene rings is 1. The zero-order valence-corrected chi connectivity index (χ0v) is 18.5. The van der Waals surface area contributed by atoms with E-state index in [-0.39, 0.29) is 23.4 Å². The molecule has 162 valence electrons. The molecule has 0 unspecified atom stereocenters. The van der Waals surface area contributed by atoms with Gasteiger partial charge < -0.3 is 25.1 Å². The molecule has 5 N–H and O–H groups in total. The first-order chi connectivity index (χ1) is 14.4. The summed E-state index contributed by atoms with van der Waals surface area (Å²) in [6.45, 7) is 5.88. The van der Waals surface area contributed by atoms with E-state index in [2.05, 4.69) is 38.2 Å². The van der Waals surface area contributed by atoms with E-state index in [9.17, 15) is 9.59 Å². The first-order valence-corrected chi connectivity index (χ1v) is 10.2. The number of carbonyl (C=O) groups excluding carboxylic acids is 2. The number of nitrogens with one attached hydrogen (secondary N) is 5. The maximum absolute atomic E-state index is 11.6. The standard InChI is InChI=1S/C18H24N6O4S2/c1-4-7-14-19-10-8-12(21-15(29)23-17(25)27-5-2)13(9-11(10)20-14)22-16(30)24-18(26)28-6-3/h8-9H,4-7H2,1-3H3,(H,19,20)(H2,21,23,25,29)(H2,22,24,26,30). The number of H-pyrrole nitrogens is 1. The van der Waals surface area contributed by atoms with E-state index in [1.807, 2.05) is 0 Å². The largest absolute Gasteiger partial charge is 0.450 e. The summed E-state index contributed by atoms with van der Waals surface area (Å²) in [6.07, 6.45) is 0.398. The van der Waals surface area contributed by atoms with Gasteiger partial charge in [0.1, 0.15) is 5.82 Å². The van der Waals surface area contributed by atoms with Gasteiger partial charge >= 0.3 is 12.2 Å². The summed E-state index contributed by atoms with van der Waals surface area (Å²) in [6, 6.07) is 3.52. The van der Waals surface area contributed by atoms with Gasteiger partial charge in [-0.15, -0.1) is 0 Å². The first kappa shape index (κ1) is 23.3. The molecule has 0 saturated heterocycles. The summed E-state index contributed by atoms with van der Waals surface area (Å²) in [4.78, 5) is 31.0. The number of hydrogen-bond donors (Lipinski definition) is 5. The molecule has 0 bridgehead atoms. The molecule has 1 heterocycles. The Hall–Kier alpha value is -2.99. The van der Waals surface area contributed by atoms with Crippen LogP contribution in [-0.2, 0) is 15.9 Å². The molecule has 10 nitrogen and oxygen atoms in total. The molecule has 12 heteroatoms. The van der Waals surface area contributed by atoms with Gasteiger partial charge in [-0.2, -0.15) is 0 Å². The topological polar surface area (TPSA) is 129 Å². The Labute approximate surface area is 184 Å². The van der Waals surface area contributed by atoms with E-state index in [1.54, 1.807) is 26.0 Å². The average Bonchev–Trinajstić information content (AvgIpc) is 3.03. The Morgan fingerprint density at radius 1 is 0.967 bits per heavy atom. The highest BCUT2D eigenvalue weighted by Crippen LogP contribution is 2.28. The molecule has 0 radical (unpaired) electrons. The lowest BCUT2D eigenvalue weighted by Gasteiger charge is -2.16. The van der Waals surface area contributed by atoms with E-state index < -0.39 is 12.2 Å². The van der Waals surface area contributed by atoms with Crippen molar-refractivity contribution in [3.63, 3.8) is 0 Å². The molecular weight excluding hydrogens is 428 g/mol. The predicted molar refractivity (Wildman–Crippen MR) is 123 cm³/mol. The molecule has 1 aromatic carbocycles. The molecule has 2 amide bonds. The number of aromatic amines is 1. The van der Waals surface area contributed by atoms with Crippen LogP contribution >= 0.6 is 24.4 Å². The van der Waals surface area contributed by atoms with Gasteiger partial charge in [0.15, 0.2) is 10.2 Å². The predicted octanol–water partition coefficient (Wildman–Crippen LogP) is 3.40. The number of thiocarbonyl (C=S) groups is 2. The molecule has 30 heavy (non-hydrogen) atoms. The molecule has 0 saturated carbocycles. The first-order valence-electron chi connectivity index (χ1n) is 9.38. The molecular formula is C18H24N6O4S2. The number of ether oxygens (including phenoxy) is 2. The van der Waals surface area contributed by atoms with Gasteiger partial charge in [-0.1, -0.05) is 6.92 Å². The zero-order chi connectivity index (χ0) is 22.1. The number of imidazole rings is 1. The zero-order valence-electron chi connectivity index (χ0n) is 16.9. The highest BCUT2D eigenvalue weighted by atomic mass is 32.1. The fourth-order valence-corrected chi connectivity index (χ4v) is 2.89. The van der Waals surface area contributed by atoms with Gasteiger partial charge in [0.25, 0.3) is 0 Å². The van der Waals surface area contributed by atoms with Crippen LogP contribution in [0.25, 0.3) is 11.0 Å². The number of hydrogen-bond acceptors (Lipinski definition) is 7. The Morgan fingerprint density at radius 3 is 2.00 bits per heavy atom. The molecule has 2 aromatic rings. The normalized spacial score (nSPS) is 10.2. The minimum Gasteiger partial charge on any atom is -0.450 e. The SMILES string of the molecule is CCCc1nc2cc(NC(=S)NC(=O)OCC)c(NC(=S)NC(=O)OCC)cc2[nH]1. The van der Waals surface area contributed by atoms with Crippen LogP contribution in [0.1, 0.15) is 33.0 Å². The molecule has 2 rings (SSSR count). The summed E-state index contributed by atoms with van der Waals surface area (Å²) < 4.78 is 9.64. The quantitative estimate of drug-likeness (QED) is 0.419. The van der Waals surface area contributed by atoms with Crippen molar-refractivity contribution in [1.82, 2.24) is 20.6 Å². The minimum atomic E-state index is -0.671. The van der Waals surface area contributed by atoms with Gasteiger partial charge in [0.2, 0.25) is 0 Å². The number of fused-ring (bicyclic) bond motifs is 1. The highest BCUT2D eigenvalue weighted by Gasteiger charge is 2.14. The van der Waals surface area contributed by atoms with E-state index in [0.717, 1.165) is 24.2 Å². The smallest absolute Gasteiger partial charge is 0.413 e. The lowest BCUT2D eigenvalue weighted by molar-refractivity contribution is 0.157. The molecule has 1 aromatic heterocycles. The second-order valence-electron chi connectivity index (χ2n) is 5.95. The number of amides is 2. The van der Waals surface area contributed by atoms with E-state index in [0.29, 0.717) is 16.9 Å². The number of aromatic nitrogens is 2.